The van der Waals surface area contributed by atoms with Gasteiger partial charge >= 0.3 is 0 Å². The first-order chi connectivity index (χ1) is 17.4. The first kappa shape index (κ1) is 27.3. The minimum atomic E-state index is -0.696. The Balaban J connectivity index is 1.89. The van der Waals surface area contributed by atoms with E-state index in [0.717, 1.165) is 35.1 Å². The van der Waals surface area contributed by atoms with Gasteiger partial charge in [-0.3, -0.25) is 9.59 Å². The summed E-state index contributed by atoms with van der Waals surface area (Å²) < 4.78 is 5.90. The molecule has 1 atom stereocenters. The highest BCUT2D eigenvalue weighted by molar-refractivity contribution is 6.30. The van der Waals surface area contributed by atoms with E-state index in [2.05, 4.69) is 18.3 Å². The van der Waals surface area contributed by atoms with Crippen LogP contribution in [0.2, 0.25) is 5.02 Å². The Hall–Kier alpha value is -3.31. The number of halogens is 1. The quantitative estimate of drug-likeness (QED) is 0.311. The van der Waals surface area contributed by atoms with E-state index in [0.29, 0.717) is 23.7 Å². The molecule has 0 aliphatic carbocycles. The van der Waals surface area contributed by atoms with Crippen molar-refractivity contribution in [2.45, 2.75) is 52.6 Å². The summed E-state index contributed by atoms with van der Waals surface area (Å²) in [5.41, 5.74) is 3.95. The molecule has 0 saturated carbocycles. The molecule has 0 bridgehead atoms. The van der Waals surface area contributed by atoms with E-state index < -0.39 is 6.04 Å². The van der Waals surface area contributed by atoms with Gasteiger partial charge in [-0.2, -0.15) is 0 Å². The first-order valence-electron chi connectivity index (χ1n) is 12.4. The summed E-state index contributed by atoms with van der Waals surface area (Å²) in [4.78, 5) is 28.7. The van der Waals surface area contributed by atoms with Crippen LogP contribution in [0.3, 0.4) is 0 Å². The molecule has 1 N–H and O–H groups in total. The van der Waals surface area contributed by atoms with Crippen LogP contribution in [0.1, 0.15) is 42.0 Å². The van der Waals surface area contributed by atoms with Gasteiger partial charge in [-0.05, 0) is 66.8 Å². The van der Waals surface area contributed by atoms with Crippen molar-refractivity contribution in [3.05, 3.63) is 100 Å². The van der Waals surface area contributed by atoms with Gasteiger partial charge in [0.1, 0.15) is 11.8 Å². The summed E-state index contributed by atoms with van der Waals surface area (Å²) >= 11 is 6.23. The molecule has 3 aromatic carbocycles. The topological polar surface area (TPSA) is 58.6 Å². The van der Waals surface area contributed by atoms with Crippen molar-refractivity contribution < 1.29 is 14.3 Å². The van der Waals surface area contributed by atoms with Gasteiger partial charge in [-0.15, -0.1) is 0 Å². The van der Waals surface area contributed by atoms with Crippen molar-refractivity contribution in [3.8, 4) is 5.75 Å². The maximum atomic E-state index is 13.6. The minimum absolute atomic E-state index is 0.170. The van der Waals surface area contributed by atoms with Crippen molar-refractivity contribution in [3.63, 3.8) is 0 Å². The van der Waals surface area contributed by atoms with Gasteiger partial charge in [0.25, 0.3) is 5.91 Å². The maximum absolute atomic E-state index is 13.6. The van der Waals surface area contributed by atoms with Gasteiger partial charge in [0.05, 0.1) is 0 Å². The van der Waals surface area contributed by atoms with Crippen molar-refractivity contribution in [2.24, 2.45) is 0 Å². The molecule has 2 amide bonds. The number of amides is 2. The normalized spacial score (nSPS) is 11.6. The van der Waals surface area contributed by atoms with Crippen LogP contribution in [0.15, 0.2) is 72.8 Å². The average Bonchev–Trinajstić information content (AvgIpc) is 2.85. The van der Waals surface area contributed by atoms with Crippen LogP contribution in [0, 0.1) is 13.8 Å². The second-order valence-electron chi connectivity index (χ2n) is 9.11. The number of carbonyl (C=O) groups is 2. The van der Waals surface area contributed by atoms with Crippen LogP contribution in [-0.4, -0.2) is 35.9 Å². The minimum Gasteiger partial charge on any atom is -0.484 e. The lowest BCUT2D eigenvalue weighted by Gasteiger charge is -2.31. The summed E-state index contributed by atoms with van der Waals surface area (Å²) in [6, 6.07) is 22.3. The third-order valence-electron chi connectivity index (χ3n) is 5.90. The van der Waals surface area contributed by atoms with Crippen LogP contribution in [0.4, 0.5) is 0 Å². The highest BCUT2D eigenvalue weighted by Crippen LogP contribution is 2.20. The molecule has 0 fully saturated rings. The molecule has 0 spiro atoms. The monoisotopic (exact) mass is 506 g/mol. The molecule has 0 heterocycles. The number of unbranched alkanes of at least 4 members (excludes halogenated alkanes) is 1. The highest BCUT2D eigenvalue weighted by Gasteiger charge is 2.30. The summed E-state index contributed by atoms with van der Waals surface area (Å²) in [5.74, 6) is 0.199. The lowest BCUT2D eigenvalue weighted by Crippen LogP contribution is -2.51. The molecule has 0 radical (unpaired) electrons. The number of benzene rings is 3. The van der Waals surface area contributed by atoms with Crippen LogP contribution in [0.25, 0.3) is 0 Å². The Morgan fingerprint density at radius 3 is 2.31 bits per heavy atom. The lowest BCUT2D eigenvalue weighted by molar-refractivity contribution is -0.142. The van der Waals surface area contributed by atoms with Gasteiger partial charge in [0.2, 0.25) is 5.91 Å². The molecular weight excluding hydrogens is 472 g/mol. The number of nitrogens with one attached hydrogen (secondary N) is 1. The van der Waals surface area contributed by atoms with E-state index in [-0.39, 0.29) is 25.0 Å². The largest absolute Gasteiger partial charge is 0.484 e. The number of ether oxygens (including phenoxy) is 1. The molecule has 3 rings (SSSR count). The van der Waals surface area contributed by atoms with Crippen molar-refractivity contribution in [2.75, 3.05) is 13.2 Å². The Morgan fingerprint density at radius 2 is 1.64 bits per heavy atom. The summed E-state index contributed by atoms with van der Waals surface area (Å²) in [5, 5.41) is 3.61. The summed E-state index contributed by atoms with van der Waals surface area (Å²) in [6.45, 7) is 6.70. The SMILES string of the molecule is CCCCNC(=O)[C@H](Cc1ccccc1)N(Cc1cccc(Cl)c1)C(=O)COc1cc(C)cc(C)c1. The predicted molar refractivity (Wildman–Crippen MR) is 145 cm³/mol. The molecular formula is C30H35ClN2O3. The Labute approximate surface area is 219 Å². The van der Waals surface area contributed by atoms with Gasteiger partial charge in [0.15, 0.2) is 6.61 Å². The van der Waals surface area contributed by atoms with Crippen LogP contribution < -0.4 is 10.1 Å². The second-order valence-corrected chi connectivity index (χ2v) is 9.55. The van der Waals surface area contributed by atoms with E-state index >= 15 is 0 Å². The van der Waals surface area contributed by atoms with Crippen LogP contribution >= 0.6 is 11.6 Å². The highest BCUT2D eigenvalue weighted by atomic mass is 35.5. The van der Waals surface area contributed by atoms with Gasteiger partial charge in [-0.25, -0.2) is 0 Å². The maximum Gasteiger partial charge on any atom is 0.261 e. The first-order valence-corrected chi connectivity index (χ1v) is 12.8. The lowest BCUT2D eigenvalue weighted by atomic mass is 10.0. The zero-order chi connectivity index (χ0) is 25.9. The number of rotatable bonds is 12. The average molecular weight is 507 g/mol. The van der Waals surface area contributed by atoms with E-state index in [4.69, 9.17) is 16.3 Å². The Morgan fingerprint density at radius 1 is 0.944 bits per heavy atom. The molecule has 0 aromatic heterocycles. The smallest absolute Gasteiger partial charge is 0.261 e. The molecule has 36 heavy (non-hydrogen) atoms. The standard InChI is InChI=1S/C30H35ClN2O3/c1-4-5-14-32-30(35)28(19-24-10-7-6-8-11-24)33(20-25-12-9-13-26(31)18-25)29(34)21-36-27-16-22(2)15-23(3)17-27/h6-13,15-18,28H,4-5,14,19-21H2,1-3H3,(H,32,35)/t28-/m0/s1. The molecule has 0 unspecified atom stereocenters. The fourth-order valence-corrected chi connectivity index (χ4v) is 4.35. The fraction of sp³-hybridized carbons (Fsp3) is 0.333. The zero-order valence-corrected chi connectivity index (χ0v) is 22.1. The number of hydrogen-bond acceptors (Lipinski definition) is 3. The van der Waals surface area contributed by atoms with Crippen LogP contribution in [-0.2, 0) is 22.6 Å². The number of hydrogen-bond donors (Lipinski definition) is 1. The third-order valence-corrected chi connectivity index (χ3v) is 6.14. The van der Waals surface area contributed by atoms with E-state index in [1.165, 1.54) is 0 Å². The van der Waals surface area contributed by atoms with E-state index in [1.807, 2.05) is 74.5 Å². The van der Waals surface area contributed by atoms with E-state index in [9.17, 15) is 9.59 Å². The molecule has 6 heteroatoms. The number of aryl methyl sites for hydroxylation is 2. The molecule has 190 valence electrons. The molecule has 5 nitrogen and oxygen atoms in total. The van der Waals surface area contributed by atoms with E-state index in [1.54, 1.807) is 11.0 Å². The summed E-state index contributed by atoms with van der Waals surface area (Å²) in [6.07, 6.45) is 2.25. The zero-order valence-electron chi connectivity index (χ0n) is 21.3. The van der Waals surface area contributed by atoms with Crippen molar-refractivity contribution >= 4 is 23.4 Å². The molecule has 0 aliphatic heterocycles. The van der Waals surface area contributed by atoms with Gasteiger partial charge in [-0.1, -0.05) is 73.5 Å². The number of nitrogens with zero attached hydrogens (tertiary/aromatic N) is 1. The Kier molecular flexibility index (Phi) is 10.4. The van der Waals surface area contributed by atoms with Gasteiger partial charge in [0, 0.05) is 24.5 Å². The van der Waals surface area contributed by atoms with Crippen molar-refractivity contribution in [1.29, 1.82) is 0 Å². The number of carbonyl (C=O) groups excluding carboxylic acids is 2. The Bertz CT molecular complexity index is 1130. The third kappa shape index (κ3) is 8.42. The van der Waals surface area contributed by atoms with Gasteiger partial charge < -0.3 is 15.0 Å². The summed E-state index contributed by atoms with van der Waals surface area (Å²) in [7, 11) is 0. The molecule has 3 aromatic rings. The second kappa shape index (κ2) is 13.7. The van der Waals surface area contributed by atoms with Crippen molar-refractivity contribution in [1.82, 2.24) is 10.2 Å². The molecule has 0 aliphatic rings. The predicted octanol–water partition coefficient (Wildman–Crippen LogP) is 5.89. The van der Waals surface area contributed by atoms with Crippen LogP contribution in [0.5, 0.6) is 5.75 Å². The fourth-order valence-electron chi connectivity index (χ4n) is 4.14. The molecule has 0 saturated heterocycles.